The molecule has 0 aromatic heterocycles. The maximum absolute atomic E-state index is 13.2. The van der Waals surface area contributed by atoms with Gasteiger partial charge in [0.25, 0.3) is 0 Å². The van der Waals surface area contributed by atoms with E-state index in [4.69, 9.17) is 0 Å². The summed E-state index contributed by atoms with van der Waals surface area (Å²) in [6, 6.07) is 9.58. The lowest BCUT2D eigenvalue weighted by Gasteiger charge is -2.26. The zero-order valence-corrected chi connectivity index (χ0v) is 11.6. The summed E-state index contributed by atoms with van der Waals surface area (Å²) in [5.41, 5.74) is 3.06. The van der Waals surface area contributed by atoms with E-state index in [1.54, 1.807) is 18.2 Å². The largest absolute Gasteiger partial charge is 0.508 e. The van der Waals surface area contributed by atoms with Crippen LogP contribution in [-0.4, -0.2) is 5.11 Å². The van der Waals surface area contributed by atoms with Crippen molar-refractivity contribution in [1.82, 2.24) is 5.32 Å². The van der Waals surface area contributed by atoms with Crippen molar-refractivity contribution in [3.63, 3.8) is 0 Å². The molecule has 0 spiro atoms. The molecule has 0 heterocycles. The number of aryl methyl sites for hydroxylation is 1. The summed E-state index contributed by atoms with van der Waals surface area (Å²) in [4.78, 5) is 0. The van der Waals surface area contributed by atoms with Crippen LogP contribution in [0.2, 0.25) is 0 Å². The smallest absolute Gasteiger partial charge is 0.159 e. The predicted molar refractivity (Wildman–Crippen MR) is 77.0 cm³/mol. The third-order valence-electron chi connectivity index (χ3n) is 3.98. The number of halogens is 2. The quantitative estimate of drug-likeness (QED) is 0.900. The minimum absolute atomic E-state index is 0.183. The van der Waals surface area contributed by atoms with E-state index in [2.05, 4.69) is 5.32 Å². The maximum Gasteiger partial charge on any atom is 0.159 e. The molecule has 2 N–H and O–H groups in total. The van der Waals surface area contributed by atoms with E-state index in [-0.39, 0.29) is 11.8 Å². The Balaban J connectivity index is 1.73. The highest BCUT2D eigenvalue weighted by Crippen LogP contribution is 2.32. The summed E-state index contributed by atoms with van der Waals surface area (Å²) in [5, 5.41) is 12.9. The van der Waals surface area contributed by atoms with Gasteiger partial charge >= 0.3 is 0 Å². The molecule has 1 unspecified atom stereocenters. The molecule has 0 amide bonds. The van der Waals surface area contributed by atoms with Gasteiger partial charge in [0.05, 0.1) is 0 Å². The van der Waals surface area contributed by atoms with Crippen molar-refractivity contribution in [2.75, 3.05) is 0 Å². The van der Waals surface area contributed by atoms with Gasteiger partial charge in [0.15, 0.2) is 11.6 Å². The Labute approximate surface area is 122 Å². The molecule has 2 nitrogen and oxygen atoms in total. The van der Waals surface area contributed by atoms with Crippen LogP contribution in [0.3, 0.4) is 0 Å². The van der Waals surface area contributed by atoms with E-state index in [0.717, 1.165) is 36.5 Å². The van der Waals surface area contributed by atoms with Crippen LogP contribution in [-0.2, 0) is 13.0 Å². The molecule has 0 bridgehead atoms. The molecule has 1 aliphatic rings. The molecular formula is C17H17F2NO. The molecule has 2 aromatic rings. The Hall–Kier alpha value is -1.94. The fraction of sp³-hybridized carbons (Fsp3) is 0.294. The number of hydrogen-bond donors (Lipinski definition) is 2. The number of phenolic OH excluding ortho intramolecular Hbond substituents is 1. The first-order valence-corrected chi connectivity index (χ1v) is 7.12. The number of aromatic hydroxyl groups is 1. The molecule has 0 saturated heterocycles. The van der Waals surface area contributed by atoms with E-state index in [0.29, 0.717) is 6.54 Å². The average Bonchev–Trinajstić information content (AvgIpc) is 2.48. The van der Waals surface area contributed by atoms with Crippen LogP contribution in [0.1, 0.15) is 35.6 Å². The summed E-state index contributed by atoms with van der Waals surface area (Å²) in [6.07, 6.45) is 3.01. The minimum Gasteiger partial charge on any atom is -0.508 e. The van der Waals surface area contributed by atoms with Gasteiger partial charge in [-0.1, -0.05) is 12.1 Å². The molecular weight excluding hydrogens is 272 g/mol. The van der Waals surface area contributed by atoms with Crippen LogP contribution in [0.4, 0.5) is 8.78 Å². The van der Waals surface area contributed by atoms with E-state index >= 15 is 0 Å². The molecule has 110 valence electrons. The summed E-state index contributed by atoms with van der Waals surface area (Å²) in [6.45, 7) is 0.488. The summed E-state index contributed by atoms with van der Waals surface area (Å²) < 4.78 is 26.1. The SMILES string of the molecule is Oc1ccc2c(c1)CCCC2NCc1ccc(F)c(F)c1. The molecule has 3 rings (SSSR count). The summed E-state index contributed by atoms with van der Waals surface area (Å²) in [7, 11) is 0. The molecule has 2 aromatic carbocycles. The second kappa shape index (κ2) is 5.82. The fourth-order valence-corrected chi connectivity index (χ4v) is 2.90. The monoisotopic (exact) mass is 289 g/mol. The van der Waals surface area contributed by atoms with Gasteiger partial charge in [-0.3, -0.25) is 0 Å². The third kappa shape index (κ3) is 3.05. The van der Waals surface area contributed by atoms with Crippen LogP contribution in [0.15, 0.2) is 36.4 Å². The maximum atomic E-state index is 13.2. The Kier molecular flexibility index (Phi) is 3.88. The van der Waals surface area contributed by atoms with Gasteiger partial charge in [0.2, 0.25) is 0 Å². The molecule has 0 saturated carbocycles. The second-order valence-electron chi connectivity index (χ2n) is 5.46. The predicted octanol–water partition coefficient (Wildman–Crippen LogP) is 3.84. The van der Waals surface area contributed by atoms with Gasteiger partial charge in [-0.15, -0.1) is 0 Å². The van der Waals surface area contributed by atoms with Crippen LogP contribution in [0.5, 0.6) is 5.75 Å². The second-order valence-corrected chi connectivity index (χ2v) is 5.46. The van der Waals surface area contributed by atoms with Crippen LogP contribution in [0.25, 0.3) is 0 Å². The Bertz CT molecular complexity index is 657. The van der Waals surface area contributed by atoms with Crippen LogP contribution < -0.4 is 5.32 Å². The third-order valence-corrected chi connectivity index (χ3v) is 3.98. The molecule has 0 radical (unpaired) electrons. The lowest BCUT2D eigenvalue weighted by atomic mass is 9.87. The van der Waals surface area contributed by atoms with Crippen molar-refractivity contribution < 1.29 is 13.9 Å². The molecule has 4 heteroatoms. The van der Waals surface area contributed by atoms with E-state index in [1.807, 2.05) is 6.07 Å². The number of hydrogen-bond acceptors (Lipinski definition) is 2. The Morgan fingerprint density at radius 3 is 2.76 bits per heavy atom. The van der Waals surface area contributed by atoms with Crippen LogP contribution in [0, 0.1) is 11.6 Å². The van der Waals surface area contributed by atoms with Gasteiger partial charge in [-0.2, -0.15) is 0 Å². The van der Waals surface area contributed by atoms with Gasteiger partial charge in [0.1, 0.15) is 5.75 Å². The molecule has 21 heavy (non-hydrogen) atoms. The number of phenols is 1. The van der Waals surface area contributed by atoms with Crippen molar-refractivity contribution in [2.45, 2.75) is 31.8 Å². The van der Waals surface area contributed by atoms with Crippen LogP contribution >= 0.6 is 0 Å². The highest BCUT2D eigenvalue weighted by Gasteiger charge is 2.20. The average molecular weight is 289 g/mol. The Morgan fingerprint density at radius 1 is 1.10 bits per heavy atom. The lowest BCUT2D eigenvalue weighted by Crippen LogP contribution is -2.24. The number of nitrogens with one attached hydrogen (secondary N) is 1. The van der Waals surface area contributed by atoms with Gasteiger partial charge in [-0.25, -0.2) is 8.78 Å². The van der Waals surface area contributed by atoms with Gasteiger partial charge in [-0.05, 0) is 60.2 Å². The molecule has 1 aliphatic carbocycles. The lowest BCUT2D eigenvalue weighted by molar-refractivity contribution is 0.448. The standard InChI is InChI=1S/C17H17F2NO/c18-15-7-4-11(8-16(15)19)10-20-17-3-1-2-12-9-13(21)5-6-14(12)17/h4-9,17,20-21H,1-3,10H2. The Morgan fingerprint density at radius 2 is 1.95 bits per heavy atom. The molecule has 0 aliphatic heterocycles. The van der Waals surface area contributed by atoms with Crippen molar-refractivity contribution >= 4 is 0 Å². The van der Waals surface area contributed by atoms with Gasteiger partial charge in [0, 0.05) is 12.6 Å². The van der Waals surface area contributed by atoms with Gasteiger partial charge < -0.3 is 10.4 Å². The first-order chi connectivity index (χ1) is 10.1. The van der Waals surface area contributed by atoms with E-state index in [9.17, 15) is 13.9 Å². The zero-order chi connectivity index (χ0) is 14.8. The van der Waals surface area contributed by atoms with E-state index in [1.165, 1.54) is 11.6 Å². The highest BCUT2D eigenvalue weighted by molar-refractivity contribution is 5.38. The normalized spacial score (nSPS) is 17.5. The van der Waals surface area contributed by atoms with E-state index < -0.39 is 11.6 Å². The topological polar surface area (TPSA) is 32.3 Å². The molecule has 0 fully saturated rings. The summed E-state index contributed by atoms with van der Waals surface area (Å²) >= 11 is 0. The highest BCUT2D eigenvalue weighted by atomic mass is 19.2. The van der Waals surface area contributed by atoms with Crippen molar-refractivity contribution in [2.24, 2.45) is 0 Å². The molecule has 1 atom stereocenters. The number of fused-ring (bicyclic) bond motifs is 1. The minimum atomic E-state index is -0.822. The van der Waals surface area contributed by atoms with Crippen molar-refractivity contribution in [3.05, 3.63) is 64.7 Å². The first kappa shape index (κ1) is 14.0. The first-order valence-electron chi connectivity index (χ1n) is 7.12. The van der Waals surface area contributed by atoms with Crippen molar-refractivity contribution in [1.29, 1.82) is 0 Å². The zero-order valence-electron chi connectivity index (χ0n) is 11.6. The fourth-order valence-electron chi connectivity index (χ4n) is 2.90. The number of benzene rings is 2. The number of rotatable bonds is 3. The summed E-state index contributed by atoms with van der Waals surface area (Å²) in [5.74, 6) is -1.35. The van der Waals surface area contributed by atoms with Crippen molar-refractivity contribution in [3.8, 4) is 5.75 Å².